The van der Waals surface area contributed by atoms with Crippen molar-refractivity contribution in [2.45, 2.75) is 0 Å². The van der Waals surface area contributed by atoms with E-state index in [0.717, 1.165) is 10.3 Å². The largest absolute Gasteiger partial charge is 0.353 e. The molecule has 1 amide bonds. The normalized spacial score (nSPS) is 15.0. The highest BCUT2D eigenvalue weighted by molar-refractivity contribution is 9.10. The summed E-state index contributed by atoms with van der Waals surface area (Å²) < 4.78 is 14.5. The number of aromatic nitrogens is 1. The summed E-state index contributed by atoms with van der Waals surface area (Å²) >= 11 is 9.15. The van der Waals surface area contributed by atoms with Gasteiger partial charge in [-0.2, -0.15) is 0 Å². The number of carbonyl (C=O) groups is 1. The van der Waals surface area contributed by atoms with Crippen LogP contribution < -0.4 is 4.90 Å². The van der Waals surface area contributed by atoms with Crippen LogP contribution in [0.15, 0.2) is 47.1 Å². The van der Waals surface area contributed by atoms with Crippen molar-refractivity contribution in [2.24, 2.45) is 0 Å². The molecule has 2 aromatic rings. The van der Waals surface area contributed by atoms with Crippen LogP contribution >= 0.6 is 27.5 Å². The van der Waals surface area contributed by atoms with Gasteiger partial charge in [-0.1, -0.05) is 27.5 Å². The standard InChI is InChI=1S/C18H16BrClFN3O/c19-14-2-4-16(21)13(11-14)1-6-18(25)24-9-7-23(8-10-24)17-5-3-15(20)12-22-17/h1-6,11-12H,7-10H2/b6-1+. The van der Waals surface area contributed by atoms with Crippen molar-refractivity contribution in [2.75, 3.05) is 31.1 Å². The van der Waals surface area contributed by atoms with Crippen LogP contribution in [0.3, 0.4) is 0 Å². The van der Waals surface area contributed by atoms with Crippen LogP contribution in [0.5, 0.6) is 0 Å². The summed E-state index contributed by atoms with van der Waals surface area (Å²) in [6, 6.07) is 8.31. The van der Waals surface area contributed by atoms with E-state index in [4.69, 9.17) is 11.6 Å². The third kappa shape index (κ3) is 4.58. The number of anilines is 1. The molecule has 2 heterocycles. The van der Waals surface area contributed by atoms with Crippen LogP contribution in [0.2, 0.25) is 5.02 Å². The maximum atomic E-state index is 13.7. The van der Waals surface area contributed by atoms with Crippen molar-refractivity contribution in [3.05, 3.63) is 63.5 Å². The van der Waals surface area contributed by atoms with Crippen LogP contribution in [0.25, 0.3) is 6.08 Å². The van der Waals surface area contributed by atoms with Crippen LogP contribution in [-0.4, -0.2) is 42.0 Å². The summed E-state index contributed by atoms with van der Waals surface area (Å²) in [5.41, 5.74) is 0.381. The Morgan fingerprint density at radius 2 is 1.96 bits per heavy atom. The molecule has 1 aromatic carbocycles. The van der Waals surface area contributed by atoms with E-state index in [1.807, 2.05) is 6.07 Å². The summed E-state index contributed by atoms with van der Waals surface area (Å²) in [6.07, 6.45) is 4.54. The molecule has 1 fully saturated rings. The third-order valence-corrected chi connectivity index (χ3v) is 4.71. The molecule has 0 bridgehead atoms. The van der Waals surface area contributed by atoms with Gasteiger partial charge < -0.3 is 9.80 Å². The molecule has 25 heavy (non-hydrogen) atoms. The SMILES string of the molecule is O=C(/C=C/c1cc(Br)ccc1F)N1CCN(c2ccc(Cl)cn2)CC1. The third-order valence-electron chi connectivity index (χ3n) is 3.99. The number of rotatable bonds is 3. The second kappa shape index (κ2) is 7.97. The zero-order valence-electron chi connectivity index (χ0n) is 13.3. The van der Waals surface area contributed by atoms with Crippen molar-refractivity contribution in [3.8, 4) is 0 Å². The number of pyridine rings is 1. The van der Waals surface area contributed by atoms with Crippen molar-refractivity contribution in [1.82, 2.24) is 9.88 Å². The lowest BCUT2D eigenvalue weighted by molar-refractivity contribution is -0.126. The van der Waals surface area contributed by atoms with Crippen LogP contribution in [-0.2, 0) is 4.79 Å². The molecule has 1 aliphatic rings. The maximum absolute atomic E-state index is 13.7. The molecule has 3 rings (SSSR count). The molecule has 4 nitrogen and oxygen atoms in total. The summed E-state index contributed by atoms with van der Waals surface area (Å²) in [5.74, 6) is 0.372. The van der Waals surface area contributed by atoms with Gasteiger partial charge in [-0.05, 0) is 36.4 Å². The molecule has 0 spiro atoms. The summed E-state index contributed by atoms with van der Waals surface area (Å²) in [7, 11) is 0. The molecule has 1 aliphatic heterocycles. The molecule has 1 saturated heterocycles. The number of carbonyl (C=O) groups excluding carboxylic acids is 1. The number of halogens is 3. The van der Waals surface area contributed by atoms with Gasteiger partial charge in [0.15, 0.2) is 0 Å². The average molecular weight is 425 g/mol. The number of hydrogen-bond donors (Lipinski definition) is 0. The minimum absolute atomic E-state index is 0.122. The van der Waals surface area contributed by atoms with E-state index in [0.29, 0.717) is 36.8 Å². The summed E-state index contributed by atoms with van der Waals surface area (Å²) in [4.78, 5) is 20.5. The number of hydrogen-bond acceptors (Lipinski definition) is 3. The Morgan fingerprint density at radius 1 is 1.20 bits per heavy atom. The molecular weight excluding hydrogens is 409 g/mol. The highest BCUT2D eigenvalue weighted by Gasteiger charge is 2.20. The zero-order valence-corrected chi connectivity index (χ0v) is 15.7. The Labute approximate surface area is 159 Å². The Bertz CT molecular complexity index is 789. The lowest BCUT2D eigenvalue weighted by Gasteiger charge is -2.34. The second-order valence-corrected chi connectivity index (χ2v) is 7.00. The molecule has 7 heteroatoms. The highest BCUT2D eigenvalue weighted by atomic mass is 79.9. The van der Waals surface area contributed by atoms with Gasteiger partial charge in [-0.15, -0.1) is 0 Å². The van der Waals surface area contributed by atoms with Gasteiger partial charge in [0.1, 0.15) is 11.6 Å². The molecule has 1 aromatic heterocycles. The van der Waals surface area contributed by atoms with Crippen LogP contribution in [0, 0.1) is 5.82 Å². The molecular formula is C18H16BrClFN3O. The fourth-order valence-corrected chi connectivity index (χ4v) is 3.11. The Kier molecular flexibility index (Phi) is 5.71. The average Bonchev–Trinajstić information content (AvgIpc) is 2.63. The van der Waals surface area contributed by atoms with Crippen LogP contribution in [0.4, 0.5) is 10.2 Å². The quantitative estimate of drug-likeness (QED) is 0.699. The summed E-state index contributed by atoms with van der Waals surface area (Å²) in [6.45, 7) is 2.57. The Balaban J connectivity index is 1.59. The van der Waals surface area contributed by atoms with Gasteiger partial charge in [0, 0.05) is 48.5 Å². The van der Waals surface area contributed by atoms with E-state index < -0.39 is 0 Å². The number of benzene rings is 1. The Hall–Kier alpha value is -1.92. The maximum Gasteiger partial charge on any atom is 0.246 e. The van der Waals surface area contributed by atoms with Gasteiger partial charge in [0.2, 0.25) is 5.91 Å². The van der Waals surface area contributed by atoms with E-state index in [1.54, 1.807) is 29.3 Å². The minimum Gasteiger partial charge on any atom is -0.353 e. The van der Waals surface area contributed by atoms with Gasteiger partial charge >= 0.3 is 0 Å². The van der Waals surface area contributed by atoms with Crippen LogP contribution in [0.1, 0.15) is 5.56 Å². The first-order valence-corrected chi connectivity index (χ1v) is 8.98. The molecule has 0 radical (unpaired) electrons. The molecule has 130 valence electrons. The fourth-order valence-electron chi connectivity index (χ4n) is 2.62. The van der Waals surface area contributed by atoms with Gasteiger partial charge in [0.05, 0.1) is 5.02 Å². The number of nitrogens with zero attached hydrogens (tertiary/aromatic N) is 3. The van der Waals surface area contributed by atoms with Crippen molar-refractivity contribution < 1.29 is 9.18 Å². The highest BCUT2D eigenvalue weighted by Crippen LogP contribution is 2.18. The van der Waals surface area contributed by atoms with Crippen molar-refractivity contribution >= 4 is 45.3 Å². The topological polar surface area (TPSA) is 36.4 Å². The monoisotopic (exact) mass is 423 g/mol. The first kappa shape index (κ1) is 17.9. The van der Waals surface area contributed by atoms with E-state index in [9.17, 15) is 9.18 Å². The van der Waals surface area contributed by atoms with Crippen molar-refractivity contribution in [3.63, 3.8) is 0 Å². The molecule has 0 saturated carbocycles. The van der Waals surface area contributed by atoms with E-state index in [2.05, 4.69) is 25.8 Å². The first-order valence-electron chi connectivity index (χ1n) is 7.81. The molecule has 0 unspecified atom stereocenters. The minimum atomic E-state index is -0.356. The summed E-state index contributed by atoms with van der Waals surface area (Å²) in [5, 5.41) is 0.600. The Morgan fingerprint density at radius 3 is 2.64 bits per heavy atom. The number of amides is 1. The first-order chi connectivity index (χ1) is 12.0. The predicted molar refractivity (Wildman–Crippen MR) is 101 cm³/mol. The lowest BCUT2D eigenvalue weighted by atomic mass is 10.2. The van der Waals surface area contributed by atoms with E-state index >= 15 is 0 Å². The van der Waals surface area contributed by atoms with Gasteiger partial charge in [0.25, 0.3) is 0 Å². The van der Waals surface area contributed by atoms with Crippen molar-refractivity contribution in [1.29, 1.82) is 0 Å². The van der Waals surface area contributed by atoms with E-state index in [1.165, 1.54) is 18.2 Å². The van der Waals surface area contributed by atoms with Gasteiger partial charge in [-0.25, -0.2) is 9.37 Å². The molecule has 0 atom stereocenters. The molecule has 0 aliphatic carbocycles. The zero-order chi connectivity index (χ0) is 17.8. The van der Waals surface area contributed by atoms with Gasteiger partial charge in [-0.3, -0.25) is 4.79 Å². The smallest absolute Gasteiger partial charge is 0.246 e. The molecule has 0 N–H and O–H groups in total. The van der Waals surface area contributed by atoms with E-state index in [-0.39, 0.29) is 11.7 Å². The lowest BCUT2D eigenvalue weighted by Crippen LogP contribution is -2.48. The predicted octanol–water partition coefficient (Wildman–Crippen LogP) is 4.00. The second-order valence-electron chi connectivity index (χ2n) is 5.65. The number of piperazine rings is 1. The fraction of sp³-hybridized carbons (Fsp3) is 0.222.